The maximum atomic E-state index is 12.8. The summed E-state index contributed by atoms with van der Waals surface area (Å²) in [5.41, 5.74) is 3.67. The second-order valence-electron chi connectivity index (χ2n) is 7.77. The van der Waals surface area contributed by atoms with E-state index in [0.717, 1.165) is 23.2 Å². The summed E-state index contributed by atoms with van der Waals surface area (Å²) in [7, 11) is 0. The number of phenols is 1. The van der Waals surface area contributed by atoms with Gasteiger partial charge in [-0.25, -0.2) is 4.98 Å². The number of phenolic OH excluding ortho intramolecular Hbond substituents is 1. The standard InChI is InChI=1S/C21H25N3O2.BrH/c1-5-15-8-6-14-11-24(20(22)19(14)23-15)12-18(26)13-7-9-17(25)16(10-13)21(2,3)4;/h6-10,22,25H,5,11-12H2,1-4H3;1H. The van der Waals surface area contributed by atoms with Crippen LogP contribution in [0.4, 0.5) is 0 Å². The van der Waals surface area contributed by atoms with Crippen LogP contribution in [-0.4, -0.2) is 33.2 Å². The molecule has 144 valence electrons. The van der Waals surface area contributed by atoms with Gasteiger partial charge in [-0.05, 0) is 41.7 Å². The number of carbonyl (C=O) groups is 1. The molecule has 0 aliphatic carbocycles. The first-order valence-corrected chi connectivity index (χ1v) is 8.90. The zero-order valence-corrected chi connectivity index (χ0v) is 17.9. The molecule has 2 aromatic rings. The second kappa shape index (κ2) is 7.80. The van der Waals surface area contributed by atoms with Crippen LogP contribution in [0.25, 0.3) is 0 Å². The van der Waals surface area contributed by atoms with Crippen molar-refractivity contribution in [2.24, 2.45) is 0 Å². The molecule has 0 fully saturated rings. The molecule has 5 nitrogen and oxygen atoms in total. The molecular weight excluding hydrogens is 406 g/mol. The number of fused-ring (bicyclic) bond motifs is 1. The van der Waals surface area contributed by atoms with Gasteiger partial charge in [0.15, 0.2) is 5.78 Å². The van der Waals surface area contributed by atoms with E-state index in [1.807, 2.05) is 39.8 Å². The number of hydrogen-bond donors (Lipinski definition) is 2. The highest BCUT2D eigenvalue weighted by Crippen LogP contribution is 2.31. The number of hydrogen-bond acceptors (Lipinski definition) is 4. The Morgan fingerprint density at radius 1 is 1.26 bits per heavy atom. The number of halogens is 1. The summed E-state index contributed by atoms with van der Waals surface area (Å²) in [5.74, 6) is 0.439. The van der Waals surface area contributed by atoms with Crippen LogP contribution >= 0.6 is 17.0 Å². The zero-order chi connectivity index (χ0) is 19.1. The Kier molecular flexibility index (Phi) is 6.10. The van der Waals surface area contributed by atoms with Gasteiger partial charge in [-0.15, -0.1) is 17.0 Å². The minimum absolute atomic E-state index is 0. The Balaban J connectivity index is 0.00000261. The predicted molar refractivity (Wildman–Crippen MR) is 112 cm³/mol. The van der Waals surface area contributed by atoms with Crippen molar-refractivity contribution in [3.05, 3.63) is 58.4 Å². The van der Waals surface area contributed by atoms with Crippen LogP contribution in [-0.2, 0) is 18.4 Å². The van der Waals surface area contributed by atoms with Gasteiger partial charge in [0.25, 0.3) is 0 Å². The number of ketones is 1. The lowest BCUT2D eigenvalue weighted by Gasteiger charge is -2.22. The lowest BCUT2D eigenvalue weighted by molar-refractivity contribution is 0.0962. The highest BCUT2D eigenvalue weighted by molar-refractivity contribution is 8.93. The van der Waals surface area contributed by atoms with Gasteiger partial charge in [-0.3, -0.25) is 10.2 Å². The van der Waals surface area contributed by atoms with Crippen molar-refractivity contribution < 1.29 is 9.90 Å². The van der Waals surface area contributed by atoms with E-state index in [1.54, 1.807) is 23.1 Å². The Morgan fingerprint density at radius 2 is 1.96 bits per heavy atom. The minimum atomic E-state index is -0.253. The number of nitrogens with zero attached hydrogens (tertiary/aromatic N) is 2. The van der Waals surface area contributed by atoms with Gasteiger partial charge >= 0.3 is 0 Å². The van der Waals surface area contributed by atoms with Crippen LogP contribution in [0.3, 0.4) is 0 Å². The largest absolute Gasteiger partial charge is 0.508 e. The number of aromatic nitrogens is 1. The normalized spacial score (nSPS) is 13.3. The predicted octanol–water partition coefficient (Wildman–Crippen LogP) is 4.25. The molecule has 0 saturated carbocycles. The maximum Gasteiger partial charge on any atom is 0.182 e. The summed E-state index contributed by atoms with van der Waals surface area (Å²) in [4.78, 5) is 19.1. The third-order valence-corrected chi connectivity index (χ3v) is 4.76. The number of rotatable bonds is 4. The average Bonchev–Trinajstić information content (AvgIpc) is 2.89. The molecule has 3 rings (SSSR count). The summed E-state index contributed by atoms with van der Waals surface area (Å²) < 4.78 is 0. The number of amidine groups is 1. The number of aromatic hydroxyl groups is 1. The van der Waals surface area contributed by atoms with E-state index in [9.17, 15) is 9.90 Å². The van der Waals surface area contributed by atoms with Crippen molar-refractivity contribution in [1.29, 1.82) is 5.41 Å². The van der Waals surface area contributed by atoms with Gasteiger partial charge in [-0.2, -0.15) is 0 Å². The van der Waals surface area contributed by atoms with Crippen LogP contribution in [0, 0.1) is 5.41 Å². The fraction of sp³-hybridized carbons (Fsp3) is 0.381. The highest BCUT2D eigenvalue weighted by atomic mass is 79.9. The summed E-state index contributed by atoms with van der Waals surface area (Å²) >= 11 is 0. The highest BCUT2D eigenvalue weighted by Gasteiger charge is 2.28. The van der Waals surface area contributed by atoms with Gasteiger partial charge < -0.3 is 10.0 Å². The summed E-state index contributed by atoms with van der Waals surface area (Å²) in [6, 6.07) is 8.96. The molecule has 1 aromatic carbocycles. The number of benzene rings is 1. The first-order valence-electron chi connectivity index (χ1n) is 8.90. The van der Waals surface area contributed by atoms with E-state index in [2.05, 4.69) is 4.98 Å². The lowest BCUT2D eigenvalue weighted by Crippen LogP contribution is -2.30. The molecule has 27 heavy (non-hydrogen) atoms. The number of pyridine rings is 1. The molecule has 0 radical (unpaired) electrons. The van der Waals surface area contributed by atoms with Gasteiger partial charge in [0.2, 0.25) is 0 Å². The van der Waals surface area contributed by atoms with Gasteiger partial charge in [-0.1, -0.05) is 33.8 Å². The average molecular weight is 432 g/mol. The second-order valence-corrected chi connectivity index (χ2v) is 7.77. The smallest absolute Gasteiger partial charge is 0.182 e. The molecule has 0 amide bonds. The van der Waals surface area contributed by atoms with E-state index in [-0.39, 0.29) is 40.5 Å². The Morgan fingerprint density at radius 3 is 2.59 bits per heavy atom. The topological polar surface area (TPSA) is 77.3 Å². The molecule has 2 N–H and O–H groups in total. The van der Waals surface area contributed by atoms with Crippen molar-refractivity contribution >= 4 is 28.6 Å². The van der Waals surface area contributed by atoms with Crippen molar-refractivity contribution in [2.45, 2.75) is 46.1 Å². The van der Waals surface area contributed by atoms with Crippen LogP contribution < -0.4 is 0 Å². The Labute approximate surface area is 170 Å². The molecule has 0 spiro atoms. The quantitative estimate of drug-likeness (QED) is 0.709. The monoisotopic (exact) mass is 431 g/mol. The van der Waals surface area contributed by atoms with E-state index < -0.39 is 0 Å². The lowest BCUT2D eigenvalue weighted by atomic mass is 9.85. The third-order valence-electron chi connectivity index (χ3n) is 4.76. The van der Waals surface area contributed by atoms with Crippen LogP contribution in [0.15, 0.2) is 30.3 Å². The molecule has 0 unspecified atom stereocenters. The zero-order valence-electron chi connectivity index (χ0n) is 16.2. The summed E-state index contributed by atoms with van der Waals surface area (Å²) in [6.07, 6.45) is 0.822. The minimum Gasteiger partial charge on any atom is -0.508 e. The number of nitrogens with one attached hydrogen (secondary N) is 1. The third kappa shape index (κ3) is 4.21. The number of Topliss-reactive ketones (excluding diaryl/α,β-unsaturated/α-hetero) is 1. The number of aryl methyl sites for hydroxylation is 1. The van der Waals surface area contributed by atoms with Crippen LogP contribution in [0.1, 0.15) is 60.6 Å². The van der Waals surface area contributed by atoms with Crippen LogP contribution in [0.2, 0.25) is 0 Å². The molecule has 0 saturated heterocycles. The first-order chi connectivity index (χ1) is 12.2. The molecular formula is C21H26BrN3O2. The molecule has 2 heterocycles. The molecule has 1 aliphatic heterocycles. The van der Waals surface area contributed by atoms with Crippen LogP contribution in [0.5, 0.6) is 5.75 Å². The van der Waals surface area contributed by atoms with Gasteiger partial charge in [0, 0.05) is 23.4 Å². The van der Waals surface area contributed by atoms with E-state index in [0.29, 0.717) is 23.6 Å². The Hall–Kier alpha value is -2.21. The molecule has 0 atom stereocenters. The van der Waals surface area contributed by atoms with Crippen molar-refractivity contribution in [3.8, 4) is 5.75 Å². The first kappa shape index (κ1) is 21.1. The summed E-state index contributed by atoms with van der Waals surface area (Å²) in [6.45, 7) is 8.69. The van der Waals surface area contributed by atoms with Crippen molar-refractivity contribution in [3.63, 3.8) is 0 Å². The Bertz CT molecular complexity index is 887. The van der Waals surface area contributed by atoms with Crippen molar-refractivity contribution in [1.82, 2.24) is 9.88 Å². The summed E-state index contributed by atoms with van der Waals surface area (Å²) in [5, 5.41) is 18.4. The fourth-order valence-corrected chi connectivity index (χ4v) is 3.20. The molecule has 0 bridgehead atoms. The molecule has 1 aromatic heterocycles. The van der Waals surface area contributed by atoms with Gasteiger partial charge in [0.1, 0.15) is 17.3 Å². The van der Waals surface area contributed by atoms with E-state index in [1.165, 1.54) is 0 Å². The van der Waals surface area contributed by atoms with E-state index >= 15 is 0 Å². The number of carbonyl (C=O) groups excluding carboxylic acids is 1. The molecule has 6 heteroatoms. The van der Waals surface area contributed by atoms with Crippen molar-refractivity contribution in [2.75, 3.05) is 6.54 Å². The van der Waals surface area contributed by atoms with E-state index in [4.69, 9.17) is 5.41 Å². The maximum absolute atomic E-state index is 12.8. The molecule has 1 aliphatic rings. The fourth-order valence-electron chi connectivity index (χ4n) is 3.20. The van der Waals surface area contributed by atoms with Gasteiger partial charge in [0.05, 0.1) is 6.54 Å². The SMILES string of the molecule is Br.CCc1ccc2c(n1)C(=N)N(CC(=O)c1ccc(O)c(C(C)(C)C)c1)C2.